The summed E-state index contributed by atoms with van der Waals surface area (Å²) in [6.07, 6.45) is 11.7. The summed E-state index contributed by atoms with van der Waals surface area (Å²) < 4.78 is 24.0. The molecule has 10 rings (SSSR count). The zero-order chi connectivity index (χ0) is 47.8. The summed E-state index contributed by atoms with van der Waals surface area (Å²) in [6, 6.07) is 32.0. The SMILES string of the molecule is COCCOc1c(-c2ccc(-c3cnc([C@@H]4CCCN4C(=O)[C@@H](c4ccccc4)N4CCCC4)[nH]3)cc2)ccc(-c2cnc([C@@H]3CCCN3C(=O)[C@@H](c3ccccc3)N3CCCC3)[nH]2)c1OCCOC. The second-order valence-corrected chi connectivity index (χ2v) is 18.9. The fraction of sp³-hybridized carbons (Fsp3) is 0.429. The van der Waals surface area contributed by atoms with Crippen molar-refractivity contribution in [2.24, 2.45) is 0 Å². The van der Waals surface area contributed by atoms with E-state index in [9.17, 15) is 9.59 Å². The van der Waals surface area contributed by atoms with Crippen LogP contribution in [0.3, 0.4) is 0 Å². The van der Waals surface area contributed by atoms with Gasteiger partial charge < -0.3 is 38.7 Å². The molecule has 0 unspecified atom stereocenters. The van der Waals surface area contributed by atoms with E-state index in [0.29, 0.717) is 51.0 Å². The molecule has 2 N–H and O–H groups in total. The maximum absolute atomic E-state index is 14.6. The Morgan fingerprint density at radius 2 is 0.971 bits per heavy atom. The Labute approximate surface area is 411 Å². The van der Waals surface area contributed by atoms with Crippen LogP contribution in [-0.4, -0.2) is 131 Å². The molecular formula is C56H66N8O6. The van der Waals surface area contributed by atoms with Crippen LogP contribution in [0.25, 0.3) is 33.6 Å². The van der Waals surface area contributed by atoms with Gasteiger partial charge in [-0.15, -0.1) is 0 Å². The van der Waals surface area contributed by atoms with E-state index < -0.39 is 0 Å². The van der Waals surface area contributed by atoms with Crippen LogP contribution >= 0.6 is 0 Å². The quantitative estimate of drug-likeness (QED) is 0.0756. The molecule has 4 aromatic carbocycles. The first-order chi connectivity index (χ1) is 34.5. The summed E-state index contributed by atoms with van der Waals surface area (Å²) in [4.78, 5) is 54.9. The lowest BCUT2D eigenvalue weighted by molar-refractivity contribution is -0.138. The fourth-order valence-electron chi connectivity index (χ4n) is 11.1. The smallest absolute Gasteiger partial charge is 0.245 e. The second kappa shape index (κ2) is 22.2. The van der Waals surface area contributed by atoms with Crippen molar-refractivity contribution in [3.05, 3.63) is 132 Å². The Morgan fingerprint density at radius 1 is 0.529 bits per heavy atom. The number of ether oxygens (including phenoxy) is 4. The van der Waals surface area contributed by atoms with Crippen LogP contribution in [0.5, 0.6) is 11.5 Å². The van der Waals surface area contributed by atoms with Crippen molar-refractivity contribution in [1.82, 2.24) is 39.5 Å². The summed E-state index contributed by atoms with van der Waals surface area (Å²) in [7, 11) is 3.31. The van der Waals surface area contributed by atoms with Gasteiger partial charge in [-0.2, -0.15) is 0 Å². The molecule has 0 saturated carbocycles. The van der Waals surface area contributed by atoms with Gasteiger partial charge in [0.05, 0.1) is 49.1 Å². The van der Waals surface area contributed by atoms with Crippen molar-refractivity contribution in [3.8, 4) is 45.1 Å². The van der Waals surface area contributed by atoms with Crippen molar-refractivity contribution in [2.75, 3.05) is 79.9 Å². The highest BCUT2D eigenvalue weighted by molar-refractivity contribution is 5.86. The number of likely N-dealkylation sites (tertiary alicyclic amines) is 4. The molecule has 366 valence electrons. The molecule has 14 heteroatoms. The van der Waals surface area contributed by atoms with Gasteiger partial charge in [0.25, 0.3) is 0 Å². The summed E-state index contributed by atoms with van der Waals surface area (Å²) in [5.74, 6) is 3.01. The molecule has 0 bridgehead atoms. The zero-order valence-electron chi connectivity index (χ0n) is 40.6. The minimum absolute atomic E-state index is 0.117. The van der Waals surface area contributed by atoms with Crippen LogP contribution < -0.4 is 9.47 Å². The molecule has 0 radical (unpaired) electrons. The predicted octanol–water partition coefficient (Wildman–Crippen LogP) is 9.19. The van der Waals surface area contributed by atoms with E-state index in [2.05, 4.69) is 79.3 Å². The number of nitrogens with one attached hydrogen (secondary N) is 2. The molecule has 6 heterocycles. The number of aromatic amines is 2. The van der Waals surface area contributed by atoms with Crippen molar-refractivity contribution < 1.29 is 28.5 Å². The van der Waals surface area contributed by atoms with Crippen LogP contribution in [-0.2, 0) is 19.1 Å². The molecule has 6 aromatic rings. The topological polar surface area (TPSA) is 141 Å². The molecule has 14 nitrogen and oxygen atoms in total. The lowest BCUT2D eigenvalue weighted by atomic mass is 9.98. The van der Waals surface area contributed by atoms with Crippen LogP contribution in [0.1, 0.15) is 98.3 Å². The van der Waals surface area contributed by atoms with Gasteiger partial charge >= 0.3 is 0 Å². The first-order valence-electron chi connectivity index (χ1n) is 25.3. The van der Waals surface area contributed by atoms with Gasteiger partial charge in [0.1, 0.15) is 36.9 Å². The molecule has 4 saturated heterocycles. The molecular weight excluding hydrogens is 881 g/mol. The monoisotopic (exact) mass is 947 g/mol. The Bertz CT molecular complexity index is 2660. The van der Waals surface area contributed by atoms with Gasteiger partial charge in [0.15, 0.2) is 11.5 Å². The van der Waals surface area contributed by atoms with E-state index in [-0.39, 0.29) is 36.0 Å². The van der Waals surface area contributed by atoms with Gasteiger partial charge in [0, 0.05) is 38.4 Å². The minimum atomic E-state index is -0.317. The Balaban J connectivity index is 0.910. The van der Waals surface area contributed by atoms with Crippen LogP contribution in [0.2, 0.25) is 0 Å². The number of H-pyrrole nitrogens is 2. The van der Waals surface area contributed by atoms with Crippen molar-refractivity contribution in [3.63, 3.8) is 0 Å². The van der Waals surface area contributed by atoms with Gasteiger partial charge in [-0.25, -0.2) is 9.97 Å². The number of carbonyl (C=O) groups excluding carboxylic acids is 2. The highest BCUT2D eigenvalue weighted by atomic mass is 16.5. The lowest BCUT2D eigenvalue weighted by Gasteiger charge is -2.33. The molecule has 4 aliphatic heterocycles. The van der Waals surface area contributed by atoms with E-state index in [1.54, 1.807) is 14.2 Å². The molecule has 70 heavy (non-hydrogen) atoms. The van der Waals surface area contributed by atoms with Crippen LogP contribution in [0.4, 0.5) is 0 Å². The first kappa shape index (κ1) is 47.4. The fourth-order valence-corrected chi connectivity index (χ4v) is 11.1. The van der Waals surface area contributed by atoms with E-state index >= 15 is 0 Å². The number of aromatic nitrogens is 4. The summed E-state index contributed by atoms with van der Waals surface area (Å²) in [5.41, 5.74) is 7.31. The lowest BCUT2D eigenvalue weighted by Crippen LogP contribution is -2.42. The second-order valence-electron chi connectivity index (χ2n) is 18.9. The molecule has 2 aromatic heterocycles. The highest BCUT2D eigenvalue weighted by Crippen LogP contribution is 2.46. The molecule has 2 amide bonds. The van der Waals surface area contributed by atoms with Gasteiger partial charge in [-0.3, -0.25) is 19.4 Å². The molecule has 0 aliphatic carbocycles. The molecule has 4 fully saturated rings. The average molecular weight is 947 g/mol. The number of rotatable bonds is 19. The normalized spacial score (nSPS) is 19.5. The maximum atomic E-state index is 14.6. The average Bonchev–Trinajstić information content (AvgIpc) is 4.26. The molecule has 4 atom stereocenters. The Hall–Kier alpha value is -6.32. The Kier molecular flexibility index (Phi) is 15.0. The highest BCUT2D eigenvalue weighted by Gasteiger charge is 2.41. The maximum Gasteiger partial charge on any atom is 0.245 e. The summed E-state index contributed by atoms with van der Waals surface area (Å²) in [6.45, 7) is 6.47. The third-order valence-corrected chi connectivity index (χ3v) is 14.6. The van der Waals surface area contributed by atoms with Crippen molar-refractivity contribution in [2.45, 2.75) is 75.5 Å². The standard InChI is InChI=1S/C56H66N8O6/c1-67-33-35-69-51-43(39-21-23-40(24-22-39)45-37-57-53(59-45)47-19-13-31-63(47)55(65)49(61-27-9-10-28-61)41-15-5-3-6-16-41)25-26-44(52(51)70-36-34-68-2)46-38-58-54(60-46)48-20-14-32-64(48)56(66)50(62-29-11-12-30-62)42-17-7-4-8-18-42/h3-8,15-18,21-26,37-38,47-50H,9-14,19-20,27-36H2,1-2H3,(H,57,59)(H,58,60)/t47-,48-,49+,50+/m0/s1. The number of hydrogen-bond donors (Lipinski definition) is 2. The summed E-state index contributed by atoms with van der Waals surface area (Å²) >= 11 is 0. The van der Waals surface area contributed by atoms with Crippen molar-refractivity contribution >= 4 is 11.8 Å². The summed E-state index contributed by atoms with van der Waals surface area (Å²) in [5, 5.41) is 0. The van der Waals surface area contributed by atoms with E-state index in [4.69, 9.17) is 28.9 Å². The number of imidazole rings is 2. The van der Waals surface area contributed by atoms with Gasteiger partial charge in [0.2, 0.25) is 11.8 Å². The molecule has 0 spiro atoms. The number of carbonyl (C=O) groups is 2. The van der Waals surface area contributed by atoms with Crippen LogP contribution in [0, 0.1) is 0 Å². The van der Waals surface area contributed by atoms with Crippen LogP contribution in [0.15, 0.2) is 109 Å². The van der Waals surface area contributed by atoms with Gasteiger partial charge in [-0.1, -0.05) is 84.9 Å². The van der Waals surface area contributed by atoms with E-state index in [0.717, 1.165) is 134 Å². The third kappa shape index (κ3) is 10.0. The van der Waals surface area contributed by atoms with Crippen molar-refractivity contribution in [1.29, 1.82) is 0 Å². The zero-order valence-corrected chi connectivity index (χ0v) is 40.6. The first-order valence-corrected chi connectivity index (χ1v) is 25.3. The third-order valence-electron chi connectivity index (χ3n) is 14.6. The molecule has 4 aliphatic rings. The Morgan fingerprint density at radius 3 is 1.47 bits per heavy atom. The number of nitrogens with zero attached hydrogens (tertiary/aromatic N) is 6. The van der Waals surface area contributed by atoms with E-state index in [1.165, 1.54) is 0 Å². The number of benzene rings is 4. The number of hydrogen-bond acceptors (Lipinski definition) is 10. The predicted molar refractivity (Wildman–Crippen MR) is 269 cm³/mol. The van der Waals surface area contributed by atoms with Gasteiger partial charge in [-0.05, 0) is 112 Å². The minimum Gasteiger partial charge on any atom is -0.487 e. The number of amides is 2. The number of methoxy groups -OCH3 is 2. The largest absolute Gasteiger partial charge is 0.487 e. The van der Waals surface area contributed by atoms with E-state index in [1.807, 2.05) is 59.8 Å².